The zero-order valence-electron chi connectivity index (χ0n) is 9.30. The second kappa shape index (κ2) is 4.23. The van der Waals surface area contributed by atoms with Gasteiger partial charge in [-0.1, -0.05) is 12.1 Å². The Kier molecular flexibility index (Phi) is 2.94. The normalized spacial score (nSPS) is 29.0. The minimum atomic E-state index is -0.829. The largest absolute Gasteiger partial charge is 0.497 e. The van der Waals surface area contributed by atoms with Gasteiger partial charge in [-0.25, -0.2) is 0 Å². The number of benzene rings is 1. The number of hydrogen-bond acceptors (Lipinski definition) is 4. The first-order valence-electron chi connectivity index (χ1n) is 5.06. The van der Waals surface area contributed by atoms with Crippen molar-refractivity contribution in [1.82, 2.24) is 0 Å². The van der Waals surface area contributed by atoms with Crippen molar-refractivity contribution in [3.05, 3.63) is 29.8 Å². The highest BCUT2D eigenvalue weighted by atomic mass is 16.7. The molecule has 0 saturated carbocycles. The number of carbonyl (C=O) groups is 1. The van der Waals surface area contributed by atoms with Gasteiger partial charge in [-0.15, -0.1) is 0 Å². The topological polar surface area (TPSA) is 44.8 Å². The summed E-state index contributed by atoms with van der Waals surface area (Å²) < 4.78 is 16.0. The molecular weight excluding hydrogens is 208 g/mol. The summed E-state index contributed by atoms with van der Waals surface area (Å²) in [6.07, 6.45) is 0.303. The van der Waals surface area contributed by atoms with Gasteiger partial charge in [0, 0.05) is 5.56 Å². The van der Waals surface area contributed by atoms with Crippen LogP contribution in [0.5, 0.6) is 5.75 Å². The molecular formula is C12H14O4. The Balaban J connectivity index is 2.11. The number of ether oxygens (including phenoxy) is 3. The third kappa shape index (κ3) is 2.08. The van der Waals surface area contributed by atoms with E-state index in [2.05, 4.69) is 0 Å². The molecule has 16 heavy (non-hydrogen) atoms. The van der Waals surface area contributed by atoms with Crippen molar-refractivity contribution in [3.8, 4) is 5.75 Å². The molecule has 1 fully saturated rings. The molecule has 0 aliphatic carbocycles. The van der Waals surface area contributed by atoms with Crippen LogP contribution < -0.4 is 4.74 Å². The quantitative estimate of drug-likeness (QED) is 0.730. The molecule has 1 aromatic rings. The van der Waals surface area contributed by atoms with E-state index in [0.29, 0.717) is 0 Å². The van der Waals surface area contributed by atoms with E-state index in [4.69, 9.17) is 14.2 Å². The predicted octanol–water partition coefficient (Wildman–Crippen LogP) is 1.70. The van der Waals surface area contributed by atoms with Crippen LogP contribution in [0.1, 0.15) is 18.8 Å². The van der Waals surface area contributed by atoms with Crippen LogP contribution in [-0.2, 0) is 14.3 Å². The highest BCUT2D eigenvalue weighted by Gasteiger charge is 2.37. The van der Waals surface area contributed by atoms with Crippen molar-refractivity contribution in [2.75, 3.05) is 13.7 Å². The fourth-order valence-corrected chi connectivity index (χ4v) is 1.54. The molecule has 0 spiro atoms. The number of hydrogen-bond donors (Lipinski definition) is 0. The SMILES string of the molecule is COc1ccc(C2OC[C@@](C)(C=O)O2)cc1. The van der Waals surface area contributed by atoms with Crippen LogP contribution >= 0.6 is 0 Å². The second-order valence-corrected chi connectivity index (χ2v) is 3.96. The van der Waals surface area contributed by atoms with E-state index in [9.17, 15) is 4.79 Å². The van der Waals surface area contributed by atoms with Crippen LogP contribution in [0.25, 0.3) is 0 Å². The van der Waals surface area contributed by atoms with Gasteiger partial charge in [-0.2, -0.15) is 0 Å². The Morgan fingerprint density at radius 1 is 1.44 bits per heavy atom. The van der Waals surface area contributed by atoms with Crippen LogP contribution in [0.3, 0.4) is 0 Å². The molecule has 0 N–H and O–H groups in total. The van der Waals surface area contributed by atoms with Gasteiger partial charge in [0.05, 0.1) is 13.7 Å². The lowest BCUT2D eigenvalue weighted by molar-refractivity contribution is -0.131. The van der Waals surface area contributed by atoms with E-state index in [0.717, 1.165) is 17.6 Å². The molecule has 4 heteroatoms. The highest BCUT2D eigenvalue weighted by molar-refractivity contribution is 5.62. The molecule has 0 bridgehead atoms. The minimum absolute atomic E-state index is 0.285. The summed E-state index contributed by atoms with van der Waals surface area (Å²) in [7, 11) is 1.61. The molecule has 1 unspecified atom stereocenters. The summed E-state index contributed by atoms with van der Waals surface area (Å²) in [5.41, 5.74) is 0.0521. The monoisotopic (exact) mass is 222 g/mol. The zero-order chi connectivity index (χ0) is 11.6. The van der Waals surface area contributed by atoms with E-state index in [1.165, 1.54) is 0 Å². The summed E-state index contributed by atoms with van der Waals surface area (Å²) in [6.45, 7) is 2.00. The Labute approximate surface area is 94.1 Å². The van der Waals surface area contributed by atoms with Crippen LogP contribution in [0.2, 0.25) is 0 Å². The minimum Gasteiger partial charge on any atom is -0.497 e. The Bertz CT molecular complexity index is 373. The summed E-state index contributed by atoms with van der Waals surface area (Å²) in [5.74, 6) is 0.778. The van der Waals surface area contributed by atoms with Gasteiger partial charge >= 0.3 is 0 Å². The van der Waals surface area contributed by atoms with Crippen molar-refractivity contribution in [3.63, 3.8) is 0 Å². The molecule has 1 aliphatic heterocycles. The van der Waals surface area contributed by atoms with Crippen LogP contribution in [0, 0.1) is 0 Å². The lowest BCUT2D eigenvalue weighted by Gasteiger charge is -2.15. The lowest BCUT2D eigenvalue weighted by atomic mass is 10.1. The van der Waals surface area contributed by atoms with E-state index in [-0.39, 0.29) is 6.61 Å². The molecule has 1 saturated heterocycles. The molecule has 1 heterocycles. The molecule has 0 aromatic heterocycles. The van der Waals surface area contributed by atoms with Crippen molar-refractivity contribution in [1.29, 1.82) is 0 Å². The van der Waals surface area contributed by atoms with Gasteiger partial charge in [0.25, 0.3) is 0 Å². The molecule has 0 radical (unpaired) electrons. The van der Waals surface area contributed by atoms with Gasteiger partial charge < -0.3 is 19.0 Å². The maximum atomic E-state index is 10.8. The fraction of sp³-hybridized carbons (Fsp3) is 0.417. The standard InChI is InChI=1S/C12H14O4/c1-12(7-13)8-15-11(16-12)9-3-5-10(14-2)6-4-9/h3-7,11H,8H2,1-2H3/t11?,12-/m1/s1. The molecule has 4 nitrogen and oxygen atoms in total. The summed E-state index contributed by atoms with van der Waals surface area (Å²) in [6, 6.07) is 7.39. The van der Waals surface area contributed by atoms with E-state index >= 15 is 0 Å². The van der Waals surface area contributed by atoms with Gasteiger partial charge in [-0.3, -0.25) is 0 Å². The average molecular weight is 222 g/mol. The van der Waals surface area contributed by atoms with Crippen LogP contribution in [-0.4, -0.2) is 25.6 Å². The first-order chi connectivity index (χ1) is 7.67. The smallest absolute Gasteiger partial charge is 0.185 e. The van der Waals surface area contributed by atoms with Crippen molar-refractivity contribution in [2.45, 2.75) is 18.8 Å². The van der Waals surface area contributed by atoms with Gasteiger partial charge in [-0.05, 0) is 19.1 Å². The molecule has 0 amide bonds. The van der Waals surface area contributed by atoms with E-state index < -0.39 is 11.9 Å². The molecule has 86 valence electrons. The van der Waals surface area contributed by atoms with Crippen molar-refractivity contribution < 1.29 is 19.0 Å². The average Bonchev–Trinajstić information content (AvgIpc) is 2.73. The maximum Gasteiger partial charge on any atom is 0.185 e. The van der Waals surface area contributed by atoms with Gasteiger partial charge in [0.15, 0.2) is 12.6 Å². The summed E-state index contributed by atoms with van der Waals surface area (Å²) >= 11 is 0. The number of carbonyl (C=O) groups excluding carboxylic acids is 1. The summed E-state index contributed by atoms with van der Waals surface area (Å²) in [5, 5.41) is 0. The van der Waals surface area contributed by atoms with Gasteiger partial charge in [0.2, 0.25) is 0 Å². The Hall–Kier alpha value is -1.39. The highest BCUT2D eigenvalue weighted by Crippen LogP contribution is 2.32. The number of methoxy groups -OCH3 is 1. The summed E-state index contributed by atoms with van der Waals surface area (Å²) in [4.78, 5) is 10.8. The van der Waals surface area contributed by atoms with Crippen LogP contribution in [0.15, 0.2) is 24.3 Å². The Morgan fingerprint density at radius 2 is 2.12 bits per heavy atom. The maximum absolute atomic E-state index is 10.8. The van der Waals surface area contributed by atoms with Crippen molar-refractivity contribution >= 4 is 6.29 Å². The number of rotatable bonds is 3. The second-order valence-electron chi connectivity index (χ2n) is 3.96. The molecule has 1 aliphatic rings. The van der Waals surface area contributed by atoms with E-state index in [1.807, 2.05) is 24.3 Å². The molecule has 2 atom stereocenters. The first-order valence-corrected chi connectivity index (χ1v) is 5.06. The van der Waals surface area contributed by atoms with Crippen molar-refractivity contribution in [2.24, 2.45) is 0 Å². The number of aldehydes is 1. The third-order valence-electron chi connectivity index (χ3n) is 2.53. The molecule has 2 rings (SSSR count). The van der Waals surface area contributed by atoms with E-state index in [1.54, 1.807) is 14.0 Å². The fourth-order valence-electron chi connectivity index (χ4n) is 1.54. The molecule has 1 aromatic carbocycles. The predicted molar refractivity (Wildman–Crippen MR) is 57.2 cm³/mol. The lowest BCUT2D eigenvalue weighted by Crippen LogP contribution is -2.28. The van der Waals surface area contributed by atoms with Gasteiger partial charge in [0.1, 0.15) is 11.4 Å². The zero-order valence-corrected chi connectivity index (χ0v) is 9.30. The Morgan fingerprint density at radius 3 is 2.62 bits per heavy atom. The third-order valence-corrected chi connectivity index (χ3v) is 2.53. The first kappa shape index (κ1) is 11.1. The van der Waals surface area contributed by atoms with Crippen LogP contribution in [0.4, 0.5) is 0 Å².